The first-order valence-electron chi connectivity index (χ1n) is 9.17. The molecule has 3 nitrogen and oxygen atoms in total. The summed E-state index contributed by atoms with van der Waals surface area (Å²) < 4.78 is 6.32. The highest BCUT2D eigenvalue weighted by Gasteiger charge is 2.29. The fourth-order valence-electron chi connectivity index (χ4n) is 3.35. The molecule has 4 rings (SSSR count). The number of para-hydroxylation sites is 2. The minimum Gasteiger partial charge on any atom is -0.451 e. The van der Waals surface area contributed by atoms with Crippen molar-refractivity contribution in [2.75, 3.05) is 5.32 Å². The highest BCUT2D eigenvalue weighted by atomic mass is 16.5. The second kappa shape index (κ2) is 5.47. The molecule has 0 bridgehead atoms. The predicted octanol–water partition coefficient (Wildman–Crippen LogP) is 6.68. The van der Waals surface area contributed by atoms with Crippen LogP contribution in [-0.4, -0.2) is 4.98 Å². The molecule has 1 aliphatic heterocycles. The highest BCUT2D eigenvalue weighted by molar-refractivity contribution is 5.99. The van der Waals surface area contributed by atoms with Gasteiger partial charge < -0.3 is 10.1 Å². The number of fused-ring (bicyclic) bond motifs is 4. The standard InChI is InChI=1S/C23H26N2O/c1-22(2,3)14-11-12-15-17(13-14)25-21(23(4,5)6)20-19(15)24-16-9-7-8-10-18(16)26-20/h7-13,24H,1-6H3. The van der Waals surface area contributed by atoms with E-state index in [0.717, 1.165) is 39.5 Å². The third kappa shape index (κ3) is 2.72. The van der Waals surface area contributed by atoms with Gasteiger partial charge in [0.25, 0.3) is 0 Å². The third-order valence-corrected chi connectivity index (χ3v) is 4.88. The van der Waals surface area contributed by atoms with Gasteiger partial charge in [0, 0.05) is 10.8 Å². The number of ether oxygens (including phenoxy) is 1. The fourth-order valence-corrected chi connectivity index (χ4v) is 3.35. The number of hydrogen-bond donors (Lipinski definition) is 1. The molecule has 1 aliphatic rings. The van der Waals surface area contributed by atoms with Gasteiger partial charge in [-0.25, -0.2) is 4.98 Å². The topological polar surface area (TPSA) is 34.1 Å². The van der Waals surface area contributed by atoms with Crippen molar-refractivity contribution in [3.63, 3.8) is 0 Å². The summed E-state index contributed by atoms with van der Waals surface area (Å²) >= 11 is 0. The van der Waals surface area contributed by atoms with Crippen LogP contribution in [0.3, 0.4) is 0 Å². The molecule has 26 heavy (non-hydrogen) atoms. The molecule has 0 saturated heterocycles. The Kier molecular flexibility index (Phi) is 3.56. The second-order valence-electron chi connectivity index (χ2n) is 9.12. The number of nitrogens with one attached hydrogen (secondary N) is 1. The van der Waals surface area contributed by atoms with Gasteiger partial charge in [-0.2, -0.15) is 0 Å². The summed E-state index contributed by atoms with van der Waals surface area (Å²) in [4.78, 5) is 5.04. The van der Waals surface area contributed by atoms with Gasteiger partial charge in [-0.1, -0.05) is 65.8 Å². The number of anilines is 2. The van der Waals surface area contributed by atoms with Crippen LogP contribution in [0.1, 0.15) is 52.8 Å². The lowest BCUT2D eigenvalue weighted by Crippen LogP contribution is -2.18. The summed E-state index contributed by atoms with van der Waals surface area (Å²) in [5.41, 5.74) is 5.25. The van der Waals surface area contributed by atoms with Gasteiger partial charge in [0.15, 0.2) is 11.5 Å². The molecule has 3 aromatic rings. The first kappa shape index (κ1) is 16.9. The quantitative estimate of drug-likeness (QED) is 0.385. The van der Waals surface area contributed by atoms with Crippen molar-refractivity contribution in [2.24, 2.45) is 0 Å². The molecule has 1 aromatic heterocycles. The van der Waals surface area contributed by atoms with Crippen molar-refractivity contribution in [1.29, 1.82) is 0 Å². The van der Waals surface area contributed by atoms with Gasteiger partial charge in [0.05, 0.1) is 22.6 Å². The maximum Gasteiger partial charge on any atom is 0.173 e. The molecule has 1 N–H and O–H groups in total. The van der Waals surface area contributed by atoms with Gasteiger partial charge in [0.2, 0.25) is 0 Å². The molecule has 134 valence electrons. The Morgan fingerprint density at radius 3 is 2.31 bits per heavy atom. The number of rotatable bonds is 0. The molecule has 0 radical (unpaired) electrons. The highest BCUT2D eigenvalue weighted by Crippen LogP contribution is 2.49. The molecule has 0 unspecified atom stereocenters. The Labute approximate surface area is 155 Å². The van der Waals surface area contributed by atoms with E-state index in [-0.39, 0.29) is 10.8 Å². The molecule has 2 aromatic carbocycles. The lowest BCUT2D eigenvalue weighted by molar-refractivity contribution is 0.447. The summed E-state index contributed by atoms with van der Waals surface area (Å²) in [6.45, 7) is 13.2. The minimum atomic E-state index is -0.121. The van der Waals surface area contributed by atoms with Crippen LogP contribution in [0.25, 0.3) is 10.9 Å². The molecule has 0 saturated carbocycles. The molecule has 3 heteroatoms. The second-order valence-corrected chi connectivity index (χ2v) is 9.12. The SMILES string of the molecule is CC(C)(C)c1ccc2c3c(c(C(C)(C)C)nc2c1)Oc1ccccc1N3. The zero-order chi connectivity index (χ0) is 18.7. The molecular formula is C23H26N2O. The van der Waals surface area contributed by atoms with E-state index in [4.69, 9.17) is 9.72 Å². The molecular weight excluding hydrogens is 320 g/mol. The lowest BCUT2D eigenvalue weighted by Gasteiger charge is -2.29. The van der Waals surface area contributed by atoms with Crippen molar-refractivity contribution >= 4 is 22.3 Å². The van der Waals surface area contributed by atoms with Crippen LogP contribution >= 0.6 is 0 Å². The average Bonchev–Trinajstić information content (AvgIpc) is 2.57. The first-order valence-corrected chi connectivity index (χ1v) is 9.17. The number of hydrogen-bond acceptors (Lipinski definition) is 3. The van der Waals surface area contributed by atoms with Gasteiger partial charge in [-0.3, -0.25) is 0 Å². The van der Waals surface area contributed by atoms with E-state index in [1.165, 1.54) is 5.56 Å². The fraction of sp³-hybridized carbons (Fsp3) is 0.348. The van der Waals surface area contributed by atoms with Gasteiger partial charge in [-0.15, -0.1) is 0 Å². The van der Waals surface area contributed by atoms with E-state index >= 15 is 0 Å². The van der Waals surface area contributed by atoms with Crippen molar-refractivity contribution in [3.8, 4) is 11.5 Å². The van der Waals surface area contributed by atoms with Crippen LogP contribution in [0.15, 0.2) is 42.5 Å². The monoisotopic (exact) mass is 346 g/mol. The van der Waals surface area contributed by atoms with E-state index in [9.17, 15) is 0 Å². The van der Waals surface area contributed by atoms with Crippen molar-refractivity contribution in [3.05, 3.63) is 53.7 Å². The van der Waals surface area contributed by atoms with E-state index in [1.807, 2.05) is 24.3 Å². The van der Waals surface area contributed by atoms with Crippen LogP contribution in [-0.2, 0) is 10.8 Å². The lowest BCUT2D eigenvalue weighted by atomic mass is 9.85. The first-order chi connectivity index (χ1) is 12.1. The van der Waals surface area contributed by atoms with E-state index in [1.54, 1.807) is 0 Å². The number of benzene rings is 2. The molecule has 0 atom stereocenters. The number of pyridine rings is 1. The molecule has 2 heterocycles. The van der Waals surface area contributed by atoms with E-state index in [2.05, 4.69) is 65.1 Å². The number of aromatic nitrogens is 1. The maximum absolute atomic E-state index is 6.32. The van der Waals surface area contributed by atoms with Crippen molar-refractivity contribution in [2.45, 2.75) is 52.4 Å². The molecule has 0 fully saturated rings. The van der Waals surface area contributed by atoms with Crippen LogP contribution in [0.2, 0.25) is 0 Å². The summed E-state index contributed by atoms with van der Waals surface area (Å²) in [7, 11) is 0. The largest absolute Gasteiger partial charge is 0.451 e. The third-order valence-electron chi connectivity index (χ3n) is 4.88. The van der Waals surface area contributed by atoms with Crippen LogP contribution in [0.4, 0.5) is 11.4 Å². The van der Waals surface area contributed by atoms with Crippen molar-refractivity contribution < 1.29 is 4.74 Å². The Hall–Kier alpha value is -2.55. The summed E-state index contributed by atoms with van der Waals surface area (Å²) in [6, 6.07) is 14.6. The van der Waals surface area contributed by atoms with Crippen molar-refractivity contribution in [1.82, 2.24) is 4.98 Å². The zero-order valence-corrected chi connectivity index (χ0v) is 16.4. The van der Waals surface area contributed by atoms with Crippen LogP contribution in [0.5, 0.6) is 11.5 Å². The van der Waals surface area contributed by atoms with Gasteiger partial charge >= 0.3 is 0 Å². The zero-order valence-electron chi connectivity index (χ0n) is 16.4. The van der Waals surface area contributed by atoms with Gasteiger partial charge in [-0.05, 0) is 29.2 Å². The van der Waals surface area contributed by atoms with Gasteiger partial charge in [0.1, 0.15) is 0 Å². The summed E-state index contributed by atoms with van der Waals surface area (Å²) in [6.07, 6.45) is 0. The van der Waals surface area contributed by atoms with Crippen LogP contribution in [0, 0.1) is 0 Å². The Balaban J connectivity index is 2.01. The smallest absolute Gasteiger partial charge is 0.173 e. The van der Waals surface area contributed by atoms with E-state index < -0.39 is 0 Å². The maximum atomic E-state index is 6.32. The summed E-state index contributed by atoms with van der Waals surface area (Å²) in [5.74, 6) is 1.69. The molecule has 0 aliphatic carbocycles. The van der Waals surface area contributed by atoms with Crippen LogP contribution < -0.4 is 10.1 Å². The normalized spacial score (nSPS) is 13.6. The average molecular weight is 346 g/mol. The van der Waals surface area contributed by atoms with E-state index in [0.29, 0.717) is 0 Å². The summed E-state index contributed by atoms with van der Waals surface area (Å²) in [5, 5.41) is 4.68. The minimum absolute atomic E-state index is 0.0875. The predicted molar refractivity (Wildman–Crippen MR) is 109 cm³/mol. The Morgan fingerprint density at radius 2 is 1.62 bits per heavy atom. The molecule has 0 amide bonds. The molecule has 0 spiro atoms. The number of nitrogens with zero attached hydrogens (tertiary/aromatic N) is 1. The Morgan fingerprint density at radius 1 is 0.885 bits per heavy atom. The Bertz CT molecular complexity index is 1010.